The van der Waals surface area contributed by atoms with Crippen LogP contribution in [0.1, 0.15) is 57.7 Å². The minimum Gasteiger partial charge on any atom is -0.389 e. The van der Waals surface area contributed by atoms with E-state index in [4.69, 9.17) is 4.52 Å². The van der Waals surface area contributed by atoms with E-state index in [-0.39, 0.29) is 0 Å². The van der Waals surface area contributed by atoms with Crippen LogP contribution in [0.4, 0.5) is 0 Å². The number of rotatable bonds is 6. The number of likely N-dealkylation sites (tertiary alicyclic amines) is 1. The second-order valence-corrected chi connectivity index (χ2v) is 7.96. The molecule has 24 heavy (non-hydrogen) atoms. The molecule has 136 valence electrons. The third kappa shape index (κ3) is 4.35. The van der Waals surface area contributed by atoms with Gasteiger partial charge in [0.2, 0.25) is 5.89 Å². The van der Waals surface area contributed by atoms with Crippen molar-refractivity contribution in [2.75, 3.05) is 26.7 Å². The molecule has 3 rings (SSSR count). The van der Waals surface area contributed by atoms with Crippen molar-refractivity contribution in [3.63, 3.8) is 0 Å². The number of hydrogen-bond acceptors (Lipinski definition) is 6. The molecule has 0 amide bonds. The lowest BCUT2D eigenvalue weighted by Gasteiger charge is -2.38. The first-order valence-electron chi connectivity index (χ1n) is 9.44. The lowest BCUT2D eigenvalue weighted by atomic mass is 9.79. The number of aryl methyl sites for hydroxylation is 1. The van der Waals surface area contributed by atoms with Crippen molar-refractivity contribution in [2.45, 2.75) is 70.6 Å². The van der Waals surface area contributed by atoms with Crippen molar-refractivity contribution in [1.29, 1.82) is 0 Å². The quantitative estimate of drug-likeness (QED) is 0.858. The molecule has 1 aromatic rings. The molecule has 1 aromatic heterocycles. The van der Waals surface area contributed by atoms with E-state index in [1.54, 1.807) is 0 Å². The maximum atomic E-state index is 10.9. The summed E-state index contributed by atoms with van der Waals surface area (Å²) < 4.78 is 5.19. The van der Waals surface area contributed by atoms with Crippen LogP contribution in [-0.4, -0.2) is 63.4 Å². The standard InChI is InChI=1S/C18H32N4O2/c1-4-17-19-16(20-24-17)12-21(3)15-7-10-22(11-15)13-18(23)8-5-14(2)6-9-18/h14-15,23H,4-13H2,1-3H3/t14?,15-,18?/m1/s1. The molecule has 1 aliphatic heterocycles. The van der Waals surface area contributed by atoms with Crippen LogP contribution in [0.25, 0.3) is 0 Å². The SMILES string of the molecule is CCc1nc(CN(C)[C@@H]2CCN(CC3(O)CCC(C)CC3)C2)no1. The minimum atomic E-state index is -0.469. The molecule has 1 atom stereocenters. The lowest BCUT2D eigenvalue weighted by Crippen LogP contribution is -2.45. The Morgan fingerprint density at radius 2 is 2.08 bits per heavy atom. The van der Waals surface area contributed by atoms with E-state index in [9.17, 15) is 5.11 Å². The summed E-state index contributed by atoms with van der Waals surface area (Å²) in [4.78, 5) is 9.15. The van der Waals surface area contributed by atoms with Crippen molar-refractivity contribution in [3.05, 3.63) is 11.7 Å². The first-order valence-corrected chi connectivity index (χ1v) is 9.44. The van der Waals surface area contributed by atoms with Crippen LogP contribution >= 0.6 is 0 Å². The molecule has 6 nitrogen and oxygen atoms in total. The third-order valence-corrected chi connectivity index (χ3v) is 5.80. The highest BCUT2D eigenvalue weighted by Gasteiger charge is 2.36. The predicted molar refractivity (Wildman–Crippen MR) is 92.6 cm³/mol. The van der Waals surface area contributed by atoms with E-state index in [0.29, 0.717) is 11.9 Å². The van der Waals surface area contributed by atoms with E-state index in [0.717, 1.165) is 76.4 Å². The highest BCUT2D eigenvalue weighted by Crippen LogP contribution is 2.33. The zero-order valence-corrected chi connectivity index (χ0v) is 15.4. The zero-order valence-electron chi connectivity index (χ0n) is 15.4. The fourth-order valence-corrected chi connectivity index (χ4v) is 4.04. The van der Waals surface area contributed by atoms with Gasteiger partial charge in [0, 0.05) is 25.6 Å². The van der Waals surface area contributed by atoms with Gasteiger partial charge in [-0.1, -0.05) is 19.0 Å². The number of hydrogen-bond donors (Lipinski definition) is 1. The smallest absolute Gasteiger partial charge is 0.226 e. The van der Waals surface area contributed by atoms with Gasteiger partial charge in [-0.15, -0.1) is 0 Å². The molecule has 0 spiro atoms. The summed E-state index contributed by atoms with van der Waals surface area (Å²) in [6.07, 6.45) is 6.14. The van der Waals surface area contributed by atoms with Crippen LogP contribution < -0.4 is 0 Å². The van der Waals surface area contributed by atoms with Gasteiger partial charge in [-0.25, -0.2) is 0 Å². The molecule has 1 saturated carbocycles. The van der Waals surface area contributed by atoms with Gasteiger partial charge >= 0.3 is 0 Å². The molecular formula is C18H32N4O2. The van der Waals surface area contributed by atoms with Gasteiger partial charge in [-0.2, -0.15) is 4.98 Å². The molecule has 2 fully saturated rings. The first kappa shape index (κ1) is 17.8. The van der Waals surface area contributed by atoms with Crippen LogP contribution in [-0.2, 0) is 13.0 Å². The molecule has 1 N–H and O–H groups in total. The van der Waals surface area contributed by atoms with Crippen molar-refractivity contribution in [3.8, 4) is 0 Å². The van der Waals surface area contributed by atoms with Crippen molar-refractivity contribution in [2.24, 2.45) is 5.92 Å². The van der Waals surface area contributed by atoms with Crippen LogP contribution in [0.2, 0.25) is 0 Å². The molecule has 2 aliphatic rings. The van der Waals surface area contributed by atoms with Gasteiger partial charge in [0.15, 0.2) is 5.82 Å². The zero-order chi connectivity index (χ0) is 17.2. The van der Waals surface area contributed by atoms with E-state index in [1.165, 1.54) is 0 Å². The highest BCUT2D eigenvalue weighted by molar-refractivity contribution is 4.93. The van der Waals surface area contributed by atoms with Gasteiger partial charge in [0.1, 0.15) is 0 Å². The Morgan fingerprint density at radius 1 is 1.33 bits per heavy atom. The summed E-state index contributed by atoms with van der Waals surface area (Å²) in [5.74, 6) is 2.25. The van der Waals surface area contributed by atoms with E-state index >= 15 is 0 Å². The average molecular weight is 336 g/mol. The fraction of sp³-hybridized carbons (Fsp3) is 0.889. The van der Waals surface area contributed by atoms with Gasteiger partial charge in [-0.3, -0.25) is 9.80 Å². The molecule has 0 bridgehead atoms. The fourth-order valence-electron chi connectivity index (χ4n) is 4.04. The normalized spacial score (nSPS) is 31.9. The van der Waals surface area contributed by atoms with Crippen LogP contribution in [0.15, 0.2) is 4.52 Å². The molecule has 1 aliphatic carbocycles. The predicted octanol–water partition coefficient (Wildman–Crippen LogP) is 2.08. The third-order valence-electron chi connectivity index (χ3n) is 5.80. The number of likely N-dealkylation sites (N-methyl/N-ethyl adjacent to an activating group) is 1. The van der Waals surface area contributed by atoms with Crippen LogP contribution in [0, 0.1) is 5.92 Å². The summed E-state index contributed by atoms with van der Waals surface area (Å²) in [6.45, 7) is 7.96. The van der Waals surface area contributed by atoms with Gasteiger partial charge in [0.05, 0.1) is 12.1 Å². The van der Waals surface area contributed by atoms with Gasteiger partial charge < -0.3 is 9.63 Å². The summed E-state index contributed by atoms with van der Waals surface area (Å²) in [7, 11) is 2.13. The number of aliphatic hydroxyl groups is 1. The lowest BCUT2D eigenvalue weighted by molar-refractivity contribution is -0.0316. The summed E-state index contributed by atoms with van der Waals surface area (Å²) in [6, 6.07) is 0.500. The van der Waals surface area contributed by atoms with E-state index in [1.807, 2.05) is 6.92 Å². The molecule has 2 heterocycles. The minimum absolute atomic E-state index is 0.469. The van der Waals surface area contributed by atoms with Gasteiger partial charge in [-0.05, 0) is 51.6 Å². The number of β-amino-alcohol motifs (C(OH)–C–C–N with tert-alkyl or cyclic N) is 1. The van der Waals surface area contributed by atoms with Crippen molar-refractivity contribution >= 4 is 0 Å². The van der Waals surface area contributed by atoms with Crippen molar-refractivity contribution < 1.29 is 9.63 Å². The number of nitrogens with zero attached hydrogens (tertiary/aromatic N) is 4. The Hall–Kier alpha value is -0.980. The Bertz CT molecular complexity index is 525. The largest absolute Gasteiger partial charge is 0.389 e. The highest BCUT2D eigenvalue weighted by atomic mass is 16.5. The second kappa shape index (κ2) is 7.50. The monoisotopic (exact) mass is 336 g/mol. The van der Waals surface area contributed by atoms with Gasteiger partial charge in [0.25, 0.3) is 0 Å². The Balaban J connectivity index is 1.47. The summed E-state index contributed by atoms with van der Waals surface area (Å²) >= 11 is 0. The average Bonchev–Trinajstić information content (AvgIpc) is 3.20. The van der Waals surface area contributed by atoms with Crippen molar-refractivity contribution in [1.82, 2.24) is 19.9 Å². The topological polar surface area (TPSA) is 65.6 Å². The molecular weight excluding hydrogens is 304 g/mol. The number of aromatic nitrogens is 2. The Labute approximate surface area is 145 Å². The Kier molecular flexibility index (Phi) is 5.57. The maximum absolute atomic E-state index is 10.9. The van der Waals surface area contributed by atoms with E-state index in [2.05, 4.69) is 33.9 Å². The Morgan fingerprint density at radius 3 is 2.75 bits per heavy atom. The van der Waals surface area contributed by atoms with Crippen LogP contribution in [0.3, 0.4) is 0 Å². The molecule has 0 radical (unpaired) electrons. The summed E-state index contributed by atoms with van der Waals surface area (Å²) in [5, 5.41) is 14.9. The van der Waals surface area contributed by atoms with Crippen LogP contribution in [0.5, 0.6) is 0 Å². The maximum Gasteiger partial charge on any atom is 0.226 e. The molecule has 0 unspecified atom stereocenters. The first-order chi connectivity index (χ1) is 11.5. The molecule has 1 saturated heterocycles. The molecule has 6 heteroatoms. The summed E-state index contributed by atoms with van der Waals surface area (Å²) in [5.41, 5.74) is -0.469. The van der Waals surface area contributed by atoms with E-state index < -0.39 is 5.60 Å². The molecule has 0 aromatic carbocycles. The second-order valence-electron chi connectivity index (χ2n) is 7.96.